The largest absolute Gasteiger partial charge is 0.325 e. The topological polar surface area (TPSA) is 32.3 Å². The van der Waals surface area contributed by atoms with Crippen molar-refractivity contribution >= 4 is 27.5 Å². The molecule has 0 aromatic heterocycles. The van der Waals surface area contributed by atoms with Gasteiger partial charge in [0.15, 0.2) is 0 Å². The zero-order valence-electron chi connectivity index (χ0n) is 10.4. The summed E-state index contributed by atoms with van der Waals surface area (Å²) in [5, 5.41) is 2.88. The molecule has 0 bridgehead atoms. The first-order valence-corrected chi connectivity index (χ1v) is 6.65. The van der Waals surface area contributed by atoms with Crippen molar-refractivity contribution in [1.82, 2.24) is 4.90 Å². The van der Waals surface area contributed by atoms with Crippen LogP contribution < -0.4 is 5.32 Å². The minimum Gasteiger partial charge on any atom is -0.325 e. The molecule has 3 nitrogen and oxygen atoms in total. The molecule has 0 heterocycles. The van der Waals surface area contributed by atoms with E-state index in [1.54, 1.807) is 0 Å². The zero-order chi connectivity index (χ0) is 12.7. The van der Waals surface area contributed by atoms with Gasteiger partial charge in [0.25, 0.3) is 0 Å². The second kappa shape index (κ2) is 7.45. The molecule has 0 aliphatic carbocycles. The van der Waals surface area contributed by atoms with E-state index in [1.807, 2.05) is 36.2 Å². The number of carbonyl (C=O) groups excluding carboxylic acids is 1. The van der Waals surface area contributed by atoms with E-state index in [0.717, 1.165) is 29.5 Å². The van der Waals surface area contributed by atoms with Crippen molar-refractivity contribution in [1.29, 1.82) is 0 Å². The third kappa shape index (κ3) is 5.84. The van der Waals surface area contributed by atoms with E-state index in [-0.39, 0.29) is 5.91 Å². The second-order valence-electron chi connectivity index (χ2n) is 4.15. The molecule has 0 saturated heterocycles. The first kappa shape index (κ1) is 14.2. The van der Waals surface area contributed by atoms with Gasteiger partial charge in [-0.2, -0.15) is 0 Å². The highest BCUT2D eigenvalue weighted by atomic mass is 79.9. The van der Waals surface area contributed by atoms with Crippen LogP contribution >= 0.6 is 15.9 Å². The average Bonchev–Trinajstić information content (AvgIpc) is 2.29. The molecule has 0 aliphatic rings. The summed E-state index contributed by atoms with van der Waals surface area (Å²) in [6.45, 7) is 3.55. The van der Waals surface area contributed by atoms with Gasteiger partial charge in [-0.1, -0.05) is 29.3 Å². The molecular formula is C13H19BrN2O. The van der Waals surface area contributed by atoms with Gasteiger partial charge in [-0.3, -0.25) is 9.69 Å². The fraction of sp³-hybridized carbons (Fsp3) is 0.462. The van der Waals surface area contributed by atoms with Crippen LogP contribution in [0.1, 0.15) is 19.8 Å². The van der Waals surface area contributed by atoms with Crippen LogP contribution in [0.3, 0.4) is 0 Å². The van der Waals surface area contributed by atoms with E-state index in [0.29, 0.717) is 6.54 Å². The number of hydrogen-bond acceptors (Lipinski definition) is 2. The number of unbranched alkanes of at least 4 members (excludes halogenated alkanes) is 1. The summed E-state index contributed by atoms with van der Waals surface area (Å²) in [5.41, 5.74) is 0.835. The van der Waals surface area contributed by atoms with Crippen LogP contribution in [0.25, 0.3) is 0 Å². The van der Waals surface area contributed by atoms with E-state index < -0.39 is 0 Å². The Kier molecular flexibility index (Phi) is 6.22. The Morgan fingerprint density at radius 1 is 1.35 bits per heavy atom. The Morgan fingerprint density at radius 3 is 2.59 bits per heavy atom. The number of amides is 1. The molecule has 1 rings (SSSR count). The van der Waals surface area contributed by atoms with E-state index in [4.69, 9.17) is 0 Å². The Balaban J connectivity index is 2.36. The van der Waals surface area contributed by atoms with Gasteiger partial charge in [0.05, 0.1) is 6.54 Å². The smallest absolute Gasteiger partial charge is 0.238 e. The van der Waals surface area contributed by atoms with Gasteiger partial charge in [-0.15, -0.1) is 0 Å². The summed E-state index contributed by atoms with van der Waals surface area (Å²) in [6, 6.07) is 7.59. The third-order valence-corrected chi connectivity index (χ3v) is 2.96. The van der Waals surface area contributed by atoms with Gasteiger partial charge in [-0.05, 0) is 44.3 Å². The number of halogens is 1. The van der Waals surface area contributed by atoms with Crippen LogP contribution in [0.2, 0.25) is 0 Å². The van der Waals surface area contributed by atoms with Crippen LogP contribution in [0.15, 0.2) is 28.7 Å². The molecule has 1 aromatic carbocycles. The third-order valence-electron chi connectivity index (χ3n) is 2.43. The molecule has 0 radical (unpaired) electrons. The van der Waals surface area contributed by atoms with Gasteiger partial charge in [0, 0.05) is 10.2 Å². The zero-order valence-corrected chi connectivity index (χ0v) is 12.0. The molecule has 94 valence electrons. The quantitative estimate of drug-likeness (QED) is 0.875. The fourth-order valence-electron chi connectivity index (χ4n) is 1.49. The lowest BCUT2D eigenvalue weighted by atomic mass is 10.3. The Morgan fingerprint density at radius 2 is 2.00 bits per heavy atom. The van der Waals surface area contributed by atoms with E-state index in [1.165, 1.54) is 0 Å². The summed E-state index contributed by atoms with van der Waals surface area (Å²) in [4.78, 5) is 13.7. The van der Waals surface area contributed by atoms with Crippen molar-refractivity contribution in [3.8, 4) is 0 Å². The van der Waals surface area contributed by atoms with Gasteiger partial charge in [0.1, 0.15) is 0 Å². The normalized spacial score (nSPS) is 10.6. The molecule has 0 unspecified atom stereocenters. The number of benzene rings is 1. The SMILES string of the molecule is CCCCN(C)CC(=O)Nc1ccc(Br)cc1. The molecule has 0 aliphatic heterocycles. The number of hydrogen-bond donors (Lipinski definition) is 1. The van der Waals surface area contributed by atoms with Crippen molar-refractivity contribution in [3.63, 3.8) is 0 Å². The van der Waals surface area contributed by atoms with Crippen molar-refractivity contribution < 1.29 is 4.79 Å². The highest BCUT2D eigenvalue weighted by Crippen LogP contribution is 2.13. The van der Waals surface area contributed by atoms with Gasteiger partial charge in [-0.25, -0.2) is 0 Å². The minimum atomic E-state index is 0.0333. The standard InChI is InChI=1S/C13H19BrN2O/c1-3-4-9-16(2)10-13(17)15-12-7-5-11(14)6-8-12/h5-8H,3-4,9-10H2,1-2H3,(H,15,17). The summed E-state index contributed by atoms with van der Waals surface area (Å²) >= 11 is 3.36. The van der Waals surface area contributed by atoms with Crippen molar-refractivity contribution in [2.75, 3.05) is 25.5 Å². The summed E-state index contributed by atoms with van der Waals surface area (Å²) in [7, 11) is 1.97. The molecule has 1 amide bonds. The molecule has 1 N–H and O–H groups in total. The maximum Gasteiger partial charge on any atom is 0.238 e. The number of nitrogens with one attached hydrogen (secondary N) is 1. The van der Waals surface area contributed by atoms with Crippen molar-refractivity contribution in [2.24, 2.45) is 0 Å². The number of likely N-dealkylation sites (N-methyl/N-ethyl adjacent to an activating group) is 1. The Hall–Kier alpha value is -0.870. The van der Waals surface area contributed by atoms with Crippen LogP contribution in [-0.2, 0) is 4.79 Å². The van der Waals surface area contributed by atoms with Crippen LogP contribution in [0, 0.1) is 0 Å². The number of anilines is 1. The fourth-order valence-corrected chi connectivity index (χ4v) is 1.75. The monoisotopic (exact) mass is 298 g/mol. The lowest BCUT2D eigenvalue weighted by Gasteiger charge is -2.15. The molecule has 0 fully saturated rings. The second-order valence-corrected chi connectivity index (χ2v) is 5.06. The highest BCUT2D eigenvalue weighted by Gasteiger charge is 2.06. The Labute approximate surface area is 111 Å². The van der Waals surface area contributed by atoms with Crippen molar-refractivity contribution in [3.05, 3.63) is 28.7 Å². The highest BCUT2D eigenvalue weighted by molar-refractivity contribution is 9.10. The van der Waals surface area contributed by atoms with E-state index in [9.17, 15) is 4.79 Å². The lowest BCUT2D eigenvalue weighted by Crippen LogP contribution is -2.30. The lowest BCUT2D eigenvalue weighted by molar-refractivity contribution is -0.117. The summed E-state index contributed by atoms with van der Waals surface area (Å²) in [6.07, 6.45) is 2.28. The van der Waals surface area contributed by atoms with Crippen molar-refractivity contribution in [2.45, 2.75) is 19.8 Å². The maximum absolute atomic E-state index is 11.7. The molecule has 0 spiro atoms. The van der Waals surface area contributed by atoms with Crippen LogP contribution in [-0.4, -0.2) is 30.9 Å². The van der Waals surface area contributed by atoms with E-state index in [2.05, 4.69) is 28.2 Å². The maximum atomic E-state index is 11.7. The van der Waals surface area contributed by atoms with Gasteiger partial charge >= 0.3 is 0 Å². The number of rotatable bonds is 6. The molecule has 1 aromatic rings. The first-order chi connectivity index (χ1) is 8.11. The minimum absolute atomic E-state index is 0.0333. The first-order valence-electron chi connectivity index (χ1n) is 5.85. The molecule has 17 heavy (non-hydrogen) atoms. The predicted octanol–water partition coefficient (Wildman–Crippen LogP) is 3.12. The summed E-state index contributed by atoms with van der Waals surface area (Å²) in [5.74, 6) is 0.0333. The molecule has 0 atom stereocenters. The number of nitrogens with zero attached hydrogens (tertiary/aromatic N) is 1. The Bertz CT molecular complexity index is 351. The van der Waals surface area contributed by atoms with E-state index >= 15 is 0 Å². The van der Waals surface area contributed by atoms with Gasteiger partial charge in [0.2, 0.25) is 5.91 Å². The van der Waals surface area contributed by atoms with Crippen LogP contribution in [0.5, 0.6) is 0 Å². The molecule has 0 saturated carbocycles. The molecule has 4 heteroatoms. The van der Waals surface area contributed by atoms with Gasteiger partial charge < -0.3 is 5.32 Å². The average molecular weight is 299 g/mol. The summed E-state index contributed by atoms with van der Waals surface area (Å²) < 4.78 is 1.01. The van der Waals surface area contributed by atoms with Crippen LogP contribution in [0.4, 0.5) is 5.69 Å². The molecular weight excluding hydrogens is 280 g/mol. The predicted molar refractivity (Wildman–Crippen MR) is 75.2 cm³/mol. The number of carbonyl (C=O) groups is 1.